The second-order valence-electron chi connectivity index (χ2n) is 11.6. The molecule has 7 nitrogen and oxygen atoms in total. The van der Waals surface area contributed by atoms with E-state index in [9.17, 15) is 18.8 Å². The van der Waals surface area contributed by atoms with Crippen LogP contribution in [0.25, 0.3) is 0 Å². The van der Waals surface area contributed by atoms with Crippen LogP contribution >= 0.6 is 0 Å². The van der Waals surface area contributed by atoms with Gasteiger partial charge in [-0.2, -0.15) is 0 Å². The van der Waals surface area contributed by atoms with Crippen molar-refractivity contribution in [2.45, 2.75) is 69.9 Å². The van der Waals surface area contributed by atoms with E-state index in [4.69, 9.17) is 0 Å². The Hall–Kier alpha value is -3.26. The van der Waals surface area contributed by atoms with E-state index in [1.807, 2.05) is 54.0 Å². The zero-order valence-corrected chi connectivity index (χ0v) is 22.9. The standard InChI is InChI=1S/C31H39FN4O3/c1-31(2)25-19-23(32)11-13-27(25)36(30(31)39)24-14-17-35(18-15-24)29(38)26(12-10-21-7-4-3-5-8-21)34-28(37)22-9-6-16-33-20-22/h3-5,7-8,11,13,19,22,24,26,33H,6,9-10,12,14-18,20H2,1-2H3,(H,34,37)/t22-,26+/m0/s1. The van der Waals surface area contributed by atoms with E-state index in [1.54, 1.807) is 6.07 Å². The van der Waals surface area contributed by atoms with E-state index < -0.39 is 11.5 Å². The summed E-state index contributed by atoms with van der Waals surface area (Å²) >= 11 is 0. The molecule has 3 aliphatic heterocycles. The Morgan fingerprint density at radius 1 is 1.10 bits per heavy atom. The van der Waals surface area contributed by atoms with Crippen molar-refractivity contribution in [3.05, 3.63) is 65.5 Å². The van der Waals surface area contributed by atoms with Gasteiger partial charge in [0.25, 0.3) is 0 Å². The molecule has 2 fully saturated rings. The minimum absolute atomic E-state index is 0.0260. The molecule has 0 bridgehead atoms. The lowest BCUT2D eigenvalue weighted by Gasteiger charge is -2.39. The highest BCUT2D eigenvalue weighted by atomic mass is 19.1. The maximum absolute atomic E-state index is 14.0. The lowest BCUT2D eigenvalue weighted by Crippen LogP contribution is -2.55. The van der Waals surface area contributed by atoms with Gasteiger partial charge in [-0.05, 0) is 88.2 Å². The molecule has 0 saturated carbocycles. The Morgan fingerprint density at radius 3 is 2.54 bits per heavy atom. The molecule has 2 atom stereocenters. The fraction of sp³-hybridized carbons (Fsp3) is 0.516. The zero-order valence-electron chi connectivity index (χ0n) is 22.9. The van der Waals surface area contributed by atoms with Crippen molar-refractivity contribution in [3.8, 4) is 0 Å². The number of carbonyl (C=O) groups is 3. The van der Waals surface area contributed by atoms with Gasteiger partial charge in [0.05, 0.1) is 11.3 Å². The highest BCUT2D eigenvalue weighted by molar-refractivity contribution is 6.08. The van der Waals surface area contributed by atoms with Gasteiger partial charge >= 0.3 is 0 Å². The molecule has 0 radical (unpaired) electrons. The molecular weight excluding hydrogens is 495 g/mol. The molecule has 8 heteroatoms. The van der Waals surface area contributed by atoms with E-state index >= 15 is 0 Å². The van der Waals surface area contributed by atoms with E-state index in [0.717, 1.165) is 30.6 Å². The average Bonchev–Trinajstić information content (AvgIpc) is 3.16. The lowest BCUT2D eigenvalue weighted by atomic mass is 9.86. The Kier molecular flexibility index (Phi) is 8.03. The van der Waals surface area contributed by atoms with Crippen LogP contribution in [0.5, 0.6) is 0 Å². The molecule has 5 rings (SSSR count). The van der Waals surface area contributed by atoms with E-state index in [0.29, 0.717) is 50.9 Å². The number of rotatable bonds is 7. The van der Waals surface area contributed by atoms with Crippen LogP contribution in [0.4, 0.5) is 10.1 Å². The highest BCUT2D eigenvalue weighted by Gasteiger charge is 2.47. The number of anilines is 1. The number of halogens is 1. The van der Waals surface area contributed by atoms with E-state index in [1.165, 1.54) is 12.1 Å². The van der Waals surface area contributed by atoms with Crippen LogP contribution in [-0.2, 0) is 26.2 Å². The quantitative estimate of drug-likeness (QED) is 0.569. The highest BCUT2D eigenvalue weighted by Crippen LogP contribution is 2.44. The molecule has 0 aromatic heterocycles. The van der Waals surface area contributed by atoms with Crippen LogP contribution in [0, 0.1) is 11.7 Å². The molecule has 2 aromatic rings. The van der Waals surface area contributed by atoms with Crippen LogP contribution in [0.3, 0.4) is 0 Å². The Labute approximate surface area is 230 Å². The summed E-state index contributed by atoms with van der Waals surface area (Å²) in [6, 6.07) is 13.9. The first-order valence-electron chi connectivity index (χ1n) is 14.2. The van der Waals surface area contributed by atoms with Gasteiger partial charge in [-0.25, -0.2) is 4.39 Å². The van der Waals surface area contributed by atoms with Gasteiger partial charge in [0.2, 0.25) is 17.7 Å². The fourth-order valence-electron chi connectivity index (χ4n) is 6.25. The normalized spacial score (nSPS) is 21.9. The molecule has 3 aliphatic rings. The summed E-state index contributed by atoms with van der Waals surface area (Å²) in [5.41, 5.74) is 1.83. The topological polar surface area (TPSA) is 81.8 Å². The van der Waals surface area contributed by atoms with E-state index in [-0.39, 0.29) is 35.5 Å². The SMILES string of the molecule is CC1(C)C(=O)N(C2CCN(C(=O)[C@@H](CCc3ccccc3)NC(=O)[C@H]3CCCNC3)CC2)c2ccc(F)cc21. The van der Waals surface area contributed by atoms with Crippen molar-refractivity contribution in [1.29, 1.82) is 0 Å². The largest absolute Gasteiger partial charge is 0.344 e. The van der Waals surface area contributed by atoms with Crippen LogP contribution in [0.1, 0.15) is 57.1 Å². The second kappa shape index (κ2) is 11.5. The molecule has 2 saturated heterocycles. The summed E-state index contributed by atoms with van der Waals surface area (Å²) in [7, 11) is 0. The van der Waals surface area contributed by atoms with Crippen molar-refractivity contribution in [3.63, 3.8) is 0 Å². The summed E-state index contributed by atoms with van der Waals surface area (Å²) in [6.45, 7) is 6.26. The summed E-state index contributed by atoms with van der Waals surface area (Å²) in [4.78, 5) is 43.9. The molecule has 3 amide bonds. The Morgan fingerprint density at radius 2 is 1.85 bits per heavy atom. The molecule has 208 valence electrons. The number of likely N-dealkylation sites (tertiary alicyclic amines) is 1. The molecule has 2 aromatic carbocycles. The first-order chi connectivity index (χ1) is 18.8. The molecular formula is C31H39FN4O3. The smallest absolute Gasteiger partial charge is 0.245 e. The molecule has 39 heavy (non-hydrogen) atoms. The first kappa shape index (κ1) is 27.3. The fourth-order valence-corrected chi connectivity index (χ4v) is 6.25. The van der Waals surface area contributed by atoms with Crippen molar-refractivity contribution in [2.75, 3.05) is 31.1 Å². The van der Waals surface area contributed by atoms with Crippen LogP contribution < -0.4 is 15.5 Å². The Balaban J connectivity index is 1.26. The van der Waals surface area contributed by atoms with Crippen LogP contribution in [0.2, 0.25) is 0 Å². The summed E-state index contributed by atoms with van der Waals surface area (Å²) in [5.74, 6) is -0.605. The number of hydrogen-bond acceptors (Lipinski definition) is 4. The van der Waals surface area contributed by atoms with Gasteiger partial charge in [-0.3, -0.25) is 14.4 Å². The molecule has 2 N–H and O–H groups in total. The minimum atomic E-state index is -0.787. The number of carbonyl (C=O) groups excluding carboxylic acids is 3. The number of piperidine rings is 2. The van der Waals surface area contributed by atoms with Crippen molar-refractivity contribution in [1.82, 2.24) is 15.5 Å². The lowest BCUT2D eigenvalue weighted by molar-refractivity contribution is -0.138. The summed E-state index contributed by atoms with van der Waals surface area (Å²) < 4.78 is 14.0. The van der Waals surface area contributed by atoms with Crippen molar-refractivity contribution in [2.24, 2.45) is 5.92 Å². The number of nitrogens with zero attached hydrogens (tertiary/aromatic N) is 2. The molecule has 0 aliphatic carbocycles. The van der Waals surface area contributed by atoms with Crippen molar-refractivity contribution >= 4 is 23.4 Å². The van der Waals surface area contributed by atoms with Gasteiger partial charge in [0.15, 0.2) is 0 Å². The van der Waals surface area contributed by atoms with Crippen LogP contribution in [-0.4, -0.2) is 60.9 Å². The van der Waals surface area contributed by atoms with Gasteiger partial charge < -0.3 is 20.4 Å². The predicted octanol–water partition coefficient (Wildman–Crippen LogP) is 3.56. The molecule has 0 spiro atoms. The number of benzene rings is 2. The maximum Gasteiger partial charge on any atom is 0.245 e. The number of fused-ring (bicyclic) bond motifs is 1. The zero-order chi connectivity index (χ0) is 27.6. The minimum Gasteiger partial charge on any atom is -0.344 e. The number of nitrogens with one attached hydrogen (secondary N) is 2. The van der Waals surface area contributed by atoms with Crippen molar-refractivity contribution < 1.29 is 18.8 Å². The van der Waals surface area contributed by atoms with Gasteiger partial charge in [0.1, 0.15) is 11.9 Å². The van der Waals surface area contributed by atoms with Crippen LogP contribution in [0.15, 0.2) is 48.5 Å². The third kappa shape index (κ3) is 5.71. The number of hydrogen-bond donors (Lipinski definition) is 2. The molecule has 3 heterocycles. The Bertz CT molecular complexity index is 1200. The van der Waals surface area contributed by atoms with Gasteiger partial charge in [-0.15, -0.1) is 0 Å². The maximum atomic E-state index is 14.0. The average molecular weight is 535 g/mol. The number of aryl methyl sites for hydroxylation is 1. The third-order valence-corrected chi connectivity index (χ3v) is 8.63. The first-order valence-corrected chi connectivity index (χ1v) is 14.2. The number of amides is 3. The van der Waals surface area contributed by atoms with E-state index in [2.05, 4.69) is 10.6 Å². The van der Waals surface area contributed by atoms with Gasteiger partial charge in [-0.1, -0.05) is 30.3 Å². The summed E-state index contributed by atoms with van der Waals surface area (Å²) in [5, 5.41) is 6.37. The molecule has 0 unspecified atom stereocenters. The second-order valence-corrected chi connectivity index (χ2v) is 11.6. The monoisotopic (exact) mass is 534 g/mol. The predicted molar refractivity (Wildman–Crippen MR) is 149 cm³/mol. The van der Waals surface area contributed by atoms with Gasteiger partial charge in [0, 0.05) is 31.4 Å². The summed E-state index contributed by atoms with van der Waals surface area (Å²) in [6.07, 6.45) is 4.28. The third-order valence-electron chi connectivity index (χ3n) is 8.63.